The SMILES string of the molecule is CC1(C)c2ccc(-c3ccc(Br)cc3)cc2-c2c1ccc1c2oc2ccccc21. The molecule has 0 spiro atoms. The summed E-state index contributed by atoms with van der Waals surface area (Å²) in [6.45, 7) is 4.62. The molecule has 6 rings (SSSR count). The second-order valence-electron chi connectivity index (χ2n) is 8.36. The fourth-order valence-electron chi connectivity index (χ4n) is 4.84. The van der Waals surface area contributed by atoms with E-state index in [-0.39, 0.29) is 5.41 Å². The molecule has 0 saturated heterocycles. The maximum atomic E-state index is 6.40. The fourth-order valence-corrected chi connectivity index (χ4v) is 5.10. The van der Waals surface area contributed by atoms with Crippen molar-refractivity contribution in [2.24, 2.45) is 0 Å². The quantitative estimate of drug-likeness (QED) is 0.256. The van der Waals surface area contributed by atoms with Crippen molar-refractivity contribution >= 4 is 37.9 Å². The lowest BCUT2D eigenvalue weighted by Gasteiger charge is -2.21. The summed E-state index contributed by atoms with van der Waals surface area (Å²) in [5.74, 6) is 0. The average Bonchev–Trinajstić information content (AvgIpc) is 3.21. The van der Waals surface area contributed by atoms with E-state index in [0.29, 0.717) is 0 Å². The smallest absolute Gasteiger partial charge is 0.143 e. The molecule has 0 amide bonds. The van der Waals surface area contributed by atoms with Crippen LogP contribution >= 0.6 is 15.9 Å². The van der Waals surface area contributed by atoms with Gasteiger partial charge in [0, 0.05) is 26.2 Å². The first-order chi connectivity index (χ1) is 14.0. The Morgan fingerprint density at radius 2 is 1.45 bits per heavy atom. The van der Waals surface area contributed by atoms with Crippen LogP contribution in [-0.2, 0) is 5.41 Å². The number of hydrogen-bond donors (Lipinski definition) is 0. The van der Waals surface area contributed by atoms with Crippen LogP contribution in [0.4, 0.5) is 0 Å². The molecule has 1 aliphatic carbocycles. The Bertz CT molecular complexity index is 1420. The first-order valence-corrected chi connectivity index (χ1v) is 10.7. The van der Waals surface area contributed by atoms with Gasteiger partial charge in [0.05, 0.1) is 0 Å². The molecule has 0 fully saturated rings. The van der Waals surface area contributed by atoms with Crippen LogP contribution in [0.15, 0.2) is 87.8 Å². The molecule has 0 N–H and O–H groups in total. The number of hydrogen-bond acceptors (Lipinski definition) is 1. The van der Waals surface area contributed by atoms with Gasteiger partial charge in [-0.05, 0) is 52.1 Å². The monoisotopic (exact) mass is 438 g/mol. The summed E-state index contributed by atoms with van der Waals surface area (Å²) >= 11 is 3.54. The number of para-hydroxylation sites is 1. The van der Waals surface area contributed by atoms with Crippen molar-refractivity contribution in [1.29, 1.82) is 0 Å². The Hall–Kier alpha value is -2.84. The summed E-state index contributed by atoms with van der Waals surface area (Å²) in [5.41, 5.74) is 9.60. The Balaban J connectivity index is 1.68. The summed E-state index contributed by atoms with van der Waals surface area (Å²) in [5, 5.41) is 2.37. The van der Waals surface area contributed by atoms with Crippen LogP contribution in [0.25, 0.3) is 44.2 Å². The van der Waals surface area contributed by atoms with Gasteiger partial charge < -0.3 is 4.42 Å². The summed E-state index contributed by atoms with van der Waals surface area (Å²) in [4.78, 5) is 0. The van der Waals surface area contributed by atoms with Gasteiger partial charge in [-0.25, -0.2) is 0 Å². The largest absolute Gasteiger partial charge is 0.455 e. The van der Waals surface area contributed by atoms with E-state index in [1.54, 1.807) is 0 Å². The standard InChI is InChI=1S/C27H19BrO/c1-27(2)22-13-9-17(16-7-10-18(28)11-8-16)15-21(22)25-23(27)14-12-20-19-5-3-4-6-24(19)29-26(20)25/h3-15H,1-2H3. The predicted octanol–water partition coefficient (Wildman–Crippen LogP) is 8.32. The Labute approximate surface area is 178 Å². The lowest BCUT2D eigenvalue weighted by molar-refractivity contribution is 0.653. The van der Waals surface area contributed by atoms with E-state index in [4.69, 9.17) is 4.42 Å². The van der Waals surface area contributed by atoms with Crippen molar-refractivity contribution < 1.29 is 4.42 Å². The first kappa shape index (κ1) is 17.1. The molecule has 0 unspecified atom stereocenters. The highest BCUT2D eigenvalue weighted by atomic mass is 79.9. The van der Waals surface area contributed by atoms with Gasteiger partial charge in [-0.2, -0.15) is 0 Å². The molecule has 5 aromatic rings. The fraction of sp³-hybridized carbons (Fsp3) is 0.111. The van der Waals surface area contributed by atoms with Crippen LogP contribution < -0.4 is 0 Å². The summed E-state index contributed by atoms with van der Waals surface area (Å²) < 4.78 is 7.50. The third-order valence-electron chi connectivity index (χ3n) is 6.36. The molecular weight excluding hydrogens is 420 g/mol. The van der Waals surface area contributed by atoms with Crippen molar-refractivity contribution in [3.05, 3.63) is 94.5 Å². The van der Waals surface area contributed by atoms with E-state index < -0.39 is 0 Å². The molecule has 1 aliphatic rings. The molecule has 0 aliphatic heterocycles. The molecule has 140 valence electrons. The molecule has 1 heterocycles. The minimum Gasteiger partial charge on any atom is -0.455 e. The zero-order chi connectivity index (χ0) is 19.8. The van der Waals surface area contributed by atoms with Gasteiger partial charge in [0.1, 0.15) is 11.2 Å². The zero-order valence-corrected chi connectivity index (χ0v) is 17.9. The molecule has 2 heteroatoms. The lowest BCUT2D eigenvalue weighted by Crippen LogP contribution is -2.14. The first-order valence-electron chi connectivity index (χ1n) is 9.89. The topological polar surface area (TPSA) is 13.1 Å². The van der Waals surface area contributed by atoms with E-state index in [0.717, 1.165) is 15.6 Å². The second-order valence-corrected chi connectivity index (χ2v) is 9.27. The number of fused-ring (bicyclic) bond motifs is 7. The Morgan fingerprint density at radius 3 is 2.28 bits per heavy atom. The van der Waals surface area contributed by atoms with Crippen molar-refractivity contribution in [3.63, 3.8) is 0 Å². The minimum absolute atomic E-state index is 0.0456. The van der Waals surface area contributed by atoms with Gasteiger partial charge in [0.15, 0.2) is 0 Å². The molecule has 0 radical (unpaired) electrons. The van der Waals surface area contributed by atoms with Gasteiger partial charge in [-0.3, -0.25) is 0 Å². The number of furan rings is 1. The Kier molecular flexibility index (Phi) is 3.43. The molecule has 1 aromatic heterocycles. The highest BCUT2D eigenvalue weighted by Gasteiger charge is 2.37. The van der Waals surface area contributed by atoms with Gasteiger partial charge in [-0.1, -0.05) is 84.4 Å². The van der Waals surface area contributed by atoms with E-state index in [9.17, 15) is 0 Å². The number of halogens is 1. The van der Waals surface area contributed by atoms with Gasteiger partial charge in [0.2, 0.25) is 0 Å². The predicted molar refractivity (Wildman–Crippen MR) is 124 cm³/mol. The van der Waals surface area contributed by atoms with Crippen LogP contribution in [0.1, 0.15) is 25.0 Å². The normalized spacial score (nSPS) is 14.3. The van der Waals surface area contributed by atoms with Gasteiger partial charge in [0.25, 0.3) is 0 Å². The molecule has 29 heavy (non-hydrogen) atoms. The molecule has 1 nitrogen and oxygen atoms in total. The van der Waals surface area contributed by atoms with E-state index in [1.807, 2.05) is 6.07 Å². The van der Waals surface area contributed by atoms with Crippen molar-refractivity contribution in [2.45, 2.75) is 19.3 Å². The Morgan fingerprint density at radius 1 is 0.724 bits per heavy atom. The van der Waals surface area contributed by atoms with Crippen LogP contribution in [0.5, 0.6) is 0 Å². The summed E-state index contributed by atoms with van der Waals surface area (Å²) in [7, 11) is 0. The van der Waals surface area contributed by atoms with Crippen molar-refractivity contribution in [2.75, 3.05) is 0 Å². The molecular formula is C27H19BrO. The maximum absolute atomic E-state index is 6.40. The molecule has 0 atom stereocenters. The second kappa shape index (κ2) is 5.84. The van der Waals surface area contributed by atoms with E-state index in [2.05, 4.69) is 103 Å². The van der Waals surface area contributed by atoms with Crippen LogP contribution in [-0.4, -0.2) is 0 Å². The van der Waals surface area contributed by atoms with E-state index in [1.165, 1.54) is 44.2 Å². The highest BCUT2D eigenvalue weighted by molar-refractivity contribution is 9.10. The molecule has 4 aromatic carbocycles. The lowest BCUT2D eigenvalue weighted by atomic mass is 9.82. The van der Waals surface area contributed by atoms with E-state index >= 15 is 0 Å². The van der Waals surface area contributed by atoms with Gasteiger partial charge in [-0.15, -0.1) is 0 Å². The average molecular weight is 439 g/mol. The zero-order valence-electron chi connectivity index (χ0n) is 16.3. The van der Waals surface area contributed by atoms with Crippen LogP contribution in [0, 0.1) is 0 Å². The molecule has 0 saturated carbocycles. The van der Waals surface area contributed by atoms with Gasteiger partial charge >= 0.3 is 0 Å². The van der Waals surface area contributed by atoms with Crippen molar-refractivity contribution in [1.82, 2.24) is 0 Å². The van der Waals surface area contributed by atoms with Crippen LogP contribution in [0.3, 0.4) is 0 Å². The van der Waals surface area contributed by atoms with Crippen molar-refractivity contribution in [3.8, 4) is 22.3 Å². The highest BCUT2D eigenvalue weighted by Crippen LogP contribution is 2.53. The third-order valence-corrected chi connectivity index (χ3v) is 6.89. The summed E-state index contributed by atoms with van der Waals surface area (Å²) in [6.07, 6.45) is 0. The number of benzene rings is 4. The maximum Gasteiger partial charge on any atom is 0.143 e. The molecule has 0 bridgehead atoms. The van der Waals surface area contributed by atoms with Crippen LogP contribution in [0.2, 0.25) is 0 Å². The number of rotatable bonds is 1. The third kappa shape index (κ3) is 2.33. The summed E-state index contributed by atoms with van der Waals surface area (Å²) in [6, 6.07) is 28.2. The minimum atomic E-state index is -0.0456.